The van der Waals surface area contributed by atoms with Gasteiger partial charge in [-0.05, 0) is 68.1 Å². The van der Waals surface area contributed by atoms with Crippen LogP contribution in [-0.4, -0.2) is 26.4 Å². The van der Waals surface area contributed by atoms with Gasteiger partial charge in [0.2, 0.25) is 11.8 Å². The Hall–Kier alpha value is -3.74. The lowest BCUT2D eigenvalue weighted by Gasteiger charge is -2.12. The molecule has 0 saturated carbocycles. The zero-order valence-electron chi connectivity index (χ0n) is 19.5. The normalized spacial score (nSPS) is 11.3. The van der Waals surface area contributed by atoms with E-state index >= 15 is 0 Å². The number of anilines is 2. The summed E-state index contributed by atoms with van der Waals surface area (Å²) < 4.78 is 1.87. The molecule has 0 bridgehead atoms. The lowest BCUT2D eigenvalue weighted by Crippen LogP contribution is -2.15. The van der Waals surface area contributed by atoms with Crippen molar-refractivity contribution in [2.45, 2.75) is 47.0 Å². The van der Waals surface area contributed by atoms with E-state index in [9.17, 15) is 9.59 Å². The second-order valence-electron chi connectivity index (χ2n) is 8.79. The maximum absolute atomic E-state index is 12.6. The van der Waals surface area contributed by atoms with E-state index in [2.05, 4.69) is 15.7 Å². The van der Waals surface area contributed by atoms with Crippen LogP contribution < -0.4 is 10.6 Å². The van der Waals surface area contributed by atoms with Crippen molar-refractivity contribution in [2.24, 2.45) is 5.92 Å². The number of rotatable bonds is 7. The minimum atomic E-state index is -0.0730. The first-order valence-corrected chi connectivity index (χ1v) is 11.2. The van der Waals surface area contributed by atoms with E-state index in [-0.39, 0.29) is 11.8 Å². The maximum Gasteiger partial charge on any atom is 0.224 e. The molecule has 0 atom stereocenters. The van der Waals surface area contributed by atoms with Gasteiger partial charge in [0.05, 0.1) is 5.52 Å². The van der Waals surface area contributed by atoms with Crippen LogP contribution in [0.2, 0.25) is 0 Å². The molecule has 0 aliphatic rings. The largest absolute Gasteiger partial charge is 0.326 e. The van der Waals surface area contributed by atoms with Gasteiger partial charge in [0.1, 0.15) is 0 Å². The SMILES string of the molecule is Cc1nc2c3ccccc3nn2c(C)c1CCC(=O)Nc1ccc(NC(=O)CC(C)C)cc1. The number of benzene rings is 2. The van der Waals surface area contributed by atoms with Crippen molar-refractivity contribution in [3.8, 4) is 0 Å². The Morgan fingerprint density at radius 3 is 2.24 bits per heavy atom. The average Bonchev–Trinajstić information content (AvgIpc) is 3.13. The molecule has 2 aromatic carbocycles. The summed E-state index contributed by atoms with van der Waals surface area (Å²) in [4.78, 5) is 29.2. The van der Waals surface area contributed by atoms with E-state index in [0.717, 1.165) is 39.2 Å². The quantitative estimate of drug-likeness (QED) is 0.418. The third-order valence-electron chi connectivity index (χ3n) is 5.67. The van der Waals surface area contributed by atoms with Gasteiger partial charge in [0, 0.05) is 41.0 Å². The molecule has 2 amide bonds. The summed E-state index contributed by atoms with van der Waals surface area (Å²) in [5, 5.41) is 11.5. The number of carbonyl (C=O) groups is 2. The van der Waals surface area contributed by atoms with Gasteiger partial charge in [0.15, 0.2) is 5.65 Å². The van der Waals surface area contributed by atoms with Crippen molar-refractivity contribution in [3.63, 3.8) is 0 Å². The molecular formula is C26H29N5O2. The standard InChI is InChI=1S/C26H29N5O2/c1-16(2)15-25(33)29-20-11-9-19(10-12-20)28-24(32)14-13-21-17(3)27-26-22-7-5-6-8-23(22)30-31(26)18(21)4/h5-12,16H,13-15H2,1-4H3,(H,28,32)(H,29,33). The third-order valence-corrected chi connectivity index (χ3v) is 5.67. The van der Waals surface area contributed by atoms with E-state index in [1.54, 1.807) is 24.3 Å². The highest BCUT2D eigenvalue weighted by atomic mass is 16.2. The molecule has 4 rings (SSSR count). The van der Waals surface area contributed by atoms with Gasteiger partial charge in [-0.15, -0.1) is 0 Å². The fourth-order valence-electron chi connectivity index (χ4n) is 4.02. The fraction of sp³-hybridized carbons (Fsp3) is 0.308. The number of fused-ring (bicyclic) bond motifs is 3. The number of hydrogen-bond acceptors (Lipinski definition) is 4. The Balaban J connectivity index is 1.40. The van der Waals surface area contributed by atoms with Crippen LogP contribution >= 0.6 is 0 Å². The molecule has 0 spiro atoms. The number of carbonyl (C=O) groups excluding carboxylic acids is 2. The van der Waals surface area contributed by atoms with E-state index < -0.39 is 0 Å². The van der Waals surface area contributed by atoms with Crippen LogP contribution in [0.25, 0.3) is 16.6 Å². The van der Waals surface area contributed by atoms with Crippen molar-refractivity contribution in [2.75, 3.05) is 10.6 Å². The molecule has 0 saturated heterocycles. The second kappa shape index (κ2) is 9.40. The highest BCUT2D eigenvalue weighted by Crippen LogP contribution is 2.23. The topological polar surface area (TPSA) is 88.4 Å². The predicted octanol–water partition coefficient (Wildman–Crippen LogP) is 5.06. The smallest absolute Gasteiger partial charge is 0.224 e. The van der Waals surface area contributed by atoms with Crippen LogP contribution in [-0.2, 0) is 16.0 Å². The van der Waals surface area contributed by atoms with E-state index in [4.69, 9.17) is 4.98 Å². The van der Waals surface area contributed by atoms with Crippen LogP contribution in [0.1, 0.15) is 43.6 Å². The zero-order chi connectivity index (χ0) is 23.5. The molecule has 2 heterocycles. The zero-order valence-corrected chi connectivity index (χ0v) is 19.5. The molecule has 0 aliphatic carbocycles. The van der Waals surface area contributed by atoms with Crippen LogP contribution in [0.15, 0.2) is 48.5 Å². The molecule has 7 nitrogen and oxygen atoms in total. The number of hydrogen-bond donors (Lipinski definition) is 2. The van der Waals surface area contributed by atoms with Crippen molar-refractivity contribution < 1.29 is 9.59 Å². The summed E-state index contributed by atoms with van der Waals surface area (Å²) in [5.74, 6) is 0.221. The Kier molecular flexibility index (Phi) is 6.40. The number of amides is 2. The Morgan fingerprint density at radius 1 is 0.939 bits per heavy atom. The monoisotopic (exact) mass is 443 g/mol. The van der Waals surface area contributed by atoms with Gasteiger partial charge < -0.3 is 10.6 Å². The molecule has 0 radical (unpaired) electrons. The Labute approximate surface area is 193 Å². The third kappa shape index (κ3) is 5.03. The molecular weight excluding hydrogens is 414 g/mol. The van der Waals surface area contributed by atoms with Gasteiger partial charge in [-0.2, -0.15) is 5.10 Å². The van der Waals surface area contributed by atoms with Crippen LogP contribution in [0, 0.1) is 19.8 Å². The molecule has 0 fully saturated rings. The molecule has 7 heteroatoms. The van der Waals surface area contributed by atoms with Gasteiger partial charge >= 0.3 is 0 Å². The highest BCUT2D eigenvalue weighted by molar-refractivity contribution is 5.93. The molecule has 170 valence electrons. The van der Waals surface area contributed by atoms with Crippen molar-refractivity contribution in [3.05, 3.63) is 65.5 Å². The first-order valence-electron chi connectivity index (χ1n) is 11.2. The summed E-state index contributed by atoms with van der Waals surface area (Å²) in [6.45, 7) is 8.01. The fourth-order valence-corrected chi connectivity index (χ4v) is 4.02. The van der Waals surface area contributed by atoms with Gasteiger partial charge in [-0.25, -0.2) is 9.50 Å². The predicted molar refractivity (Wildman–Crippen MR) is 131 cm³/mol. The Morgan fingerprint density at radius 2 is 1.58 bits per heavy atom. The summed E-state index contributed by atoms with van der Waals surface area (Å²) >= 11 is 0. The number of nitrogens with zero attached hydrogens (tertiary/aromatic N) is 3. The first-order chi connectivity index (χ1) is 15.8. The molecule has 2 aromatic heterocycles. The van der Waals surface area contributed by atoms with Crippen LogP contribution in [0.5, 0.6) is 0 Å². The van der Waals surface area contributed by atoms with Crippen LogP contribution in [0.4, 0.5) is 11.4 Å². The van der Waals surface area contributed by atoms with Crippen molar-refractivity contribution in [1.29, 1.82) is 0 Å². The molecule has 0 aliphatic heterocycles. The second-order valence-corrected chi connectivity index (χ2v) is 8.79. The minimum absolute atomic E-state index is 0.0109. The lowest BCUT2D eigenvalue weighted by atomic mass is 10.1. The average molecular weight is 444 g/mol. The first kappa shape index (κ1) is 22.5. The maximum atomic E-state index is 12.6. The molecule has 2 N–H and O–H groups in total. The molecule has 33 heavy (non-hydrogen) atoms. The number of nitrogens with one attached hydrogen (secondary N) is 2. The molecule has 0 unspecified atom stereocenters. The number of aryl methyl sites for hydroxylation is 2. The lowest BCUT2D eigenvalue weighted by molar-refractivity contribution is -0.117. The minimum Gasteiger partial charge on any atom is -0.326 e. The van der Waals surface area contributed by atoms with E-state index in [1.165, 1.54) is 0 Å². The van der Waals surface area contributed by atoms with Gasteiger partial charge in [-0.3, -0.25) is 9.59 Å². The van der Waals surface area contributed by atoms with E-state index in [1.807, 2.05) is 56.5 Å². The number of aromatic nitrogens is 3. The summed E-state index contributed by atoms with van der Waals surface area (Å²) in [5.41, 5.74) is 6.12. The van der Waals surface area contributed by atoms with Crippen molar-refractivity contribution in [1.82, 2.24) is 14.6 Å². The van der Waals surface area contributed by atoms with Gasteiger partial charge in [-0.1, -0.05) is 26.0 Å². The summed E-state index contributed by atoms with van der Waals surface area (Å²) in [6, 6.07) is 15.1. The van der Waals surface area contributed by atoms with Gasteiger partial charge in [0.25, 0.3) is 0 Å². The van der Waals surface area contributed by atoms with Crippen molar-refractivity contribution >= 4 is 39.7 Å². The van der Waals surface area contributed by atoms with E-state index in [0.29, 0.717) is 30.9 Å². The summed E-state index contributed by atoms with van der Waals surface area (Å²) in [7, 11) is 0. The highest BCUT2D eigenvalue weighted by Gasteiger charge is 2.15. The Bertz CT molecular complexity index is 1320. The van der Waals surface area contributed by atoms with Crippen LogP contribution in [0.3, 0.4) is 0 Å². The molecule has 4 aromatic rings. The summed E-state index contributed by atoms with van der Waals surface area (Å²) in [6.07, 6.45) is 1.39.